The van der Waals surface area contributed by atoms with Gasteiger partial charge in [-0.1, -0.05) is 0 Å². The van der Waals surface area contributed by atoms with Gasteiger partial charge in [-0.15, -0.1) is 6.42 Å². The van der Waals surface area contributed by atoms with Crippen LogP contribution in [0, 0.1) is 12.3 Å². The fourth-order valence-corrected chi connectivity index (χ4v) is 2.49. The molecule has 1 aliphatic rings. The summed E-state index contributed by atoms with van der Waals surface area (Å²) in [6.07, 6.45) is 0.921. The Morgan fingerprint density at radius 3 is 2.70 bits per heavy atom. The van der Waals surface area contributed by atoms with Gasteiger partial charge in [0.15, 0.2) is 11.9 Å². The van der Waals surface area contributed by atoms with E-state index in [9.17, 15) is 19.6 Å². The SMILES string of the molecule is C#Cc1c(C(N)=O)ncn1[C@@H]1O[C@H](COP(=O)(O)O)[C@@H](O)[C@H]1O. The zero-order valence-corrected chi connectivity index (χ0v) is 12.4. The number of imidazole rings is 1. The van der Waals surface area contributed by atoms with E-state index in [4.69, 9.17) is 26.7 Å². The second kappa shape index (κ2) is 6.38. The van der Waals surface area contributed by atoms with Crippen molar-refractivity contribution in [2.75, 3.05) is 6.61 Å². The number of aliphatic hydroxyl groups excluding tert-OH is 2. The summed E-state index contributed by atoms with van der Waals surface area (Å²) in [5.74, 6) is 1.30. The van der Waals surface area contributed by atoms with Crippen molar-refractivity contribution in [3.63, 3.8) is 0 Å². The summed E-state index contributed by atoms with van der Waals surface area (Å²) in [5, 5.41) is 19.9. The molecule has 11 nitrogen and oxygen atoms in total. The second-order valence-electron chi connectivity index (χ2n) is 4.69. The maximum atomic E-state index is 11.2. The number of amides is 1. The van der Waals surface area contributed by atoms with E-state index in [0.29, 0.717) is 0 Å². The van der Waals surface area contributed by atoms with Crippen molar-refractivity contribution in [2.45, 2.75) is 24.5 Å². The number of aliphatic hydroxyl groups is 2. The molecule has 23 heavy (non-hydrogen) atoms. The Labute approximate surface area is 129 Å². The van der Waals surface area contributed by atoms with Crippen molar-refractivity contribution < 1.29 is 38.6 Å². The van der Waals surface area contributed by atoms with Crippen molar-refractivity contribution in [1.82, 2.24) is 9.55 Å². The average molecular weight is 347 g/mol. The van der Waals surface area contributed by atoms with E-state index >= 15 is 0 Å². The zero-order chi connectivity index (χ0) is 17.4. The van der Waals surface area contributed by atoms with Gasteiger partial charge in [-0.05, 0) is 5.92 Å². The number of primary amides is 1. The summed E-state index contributed by atoms with van der Waals surface area (Å²) >= 11 is 0. The van der Waals surface area contributed by atoms with E-state index in [2.05, 4.69) is 15.4 Å². The van der Waals surface area contributed by atoms with Crippen LogP contribution in [0.4, 0.5) is 0 Å². The third kappa shape index (κ3) is 3.60. The molecule has 4 atom stereocenters. The highest BCUT2D eigenvalue weighted by atomic mass is 31.2. The lowest BCUT2D eigenvalue weighted by Gasteiger charge is -2.17. The minimum Gasteiger partial charge on any atom is -0.387 e. The monoisotopic (exact) mass is 347 g/mol. The molecule has 0 unspecified atom stereocenters. The minimum absolute atomic E-state index is 0.0645. The lowest BCUT2D eigenvalue weighted by Crippen LogP contribution is -2.33. The molecule has 0 saturated carbocycles. The molecule has 1 amide bonds. The molecule has 12 heteroatoms. The number of hydrogen-bond donors (Lipinski definition) is 5. The maximum absolute atomic E-state index is 11.2. The molecule has 0 aromatic carbocycles. The molecule has 1 aliphatic heterocycles. The van der Waals surface area contributed by atoms with Gasteiger partial charge in [-0.3, -0.25) is 13.9 Å². The van der Waals surface area contributed by atoms with Gasteiger partial charge in [0.25, 0.3) is 5.91 Å². The first-order valence-corrected chi connectivity index (χ1v) is 7.73. The Morgan fingerprint density at radius 1 is 1.52 bits per heavy atom. The van der Waals surface area contributed by atoms with Gasteiger partial charge >= 0.3 is 7.82 Å². The van der Waals surface area contributed by atoms with Crippen molar-refractivity contribution in [3.8, 4) is 12.3 Å². The van der Waals surface area contributed by atoms with Crippen molar-refractivity contribution in [3.05, 3.63) is 17.7 Å². The topological polar surface area (TPSA) is 177 Å². The van der Waals surface area contributed by atoms with Gasteiger partial charge in [-0.2, -0.15) is 0 Å². The Bertz CT molecular complexity index is 692. The predicted octanol–water partition coefficient (Wildman–Crippen LogP) is -2.31. The summed E-state index contributed by atoms with van der Waals surface area (Å²) in [6, 6.07) is 0. The number of phosphoric acid groups is 1. The zero-order valence-electron chi connectivity index (χ0n) is 11.5. The van der Waals surface area contributed by atoms with Crippen LogP contribution in [0.2, 0.25) is 0 Å². The molecule has 1 fully saturated rings. The van der Waals surface area contributed by atoms with E-state index in [0.717, 1.165) is 10.9 Å². The standard InChI is InChI=1S/C11H14N3O8P/c1-2-5-7(10(12)17)13-4-14(5)11-9(16)8(15)6(22-11)3-21-23(18,19)20/h1,4,6,8-9,11,15-16H,3H2,(H2,12,17)(H2,18,19,20)/t6-,8-,9-,11-/m1/s1. The molecule has 0 aliphatic carbocycles. The molecule has 0 radical (unpaired) electrons. The Balaban J connectivity index is 2.23. The highest BCUT2D eigenvalue weighted by molar-refractivity contribution is 7.46. The van der Waals surface area contributed by atoms with Crippen LogP contribution in [-0.2, 0) is 13.8 Å². The van der Waals surface area contributed by atoms with E-state index in [-0.39, 0.29) is 11.4 Å². The summed E-state index contributed by atoms with van der Waals surface area (Å²) in [6.45, 7) is -0.665. The smallest absolute Gasteiger partial charge is 0.387 e. The third-order valence-electron chi connectivity index (χ3n) is 3.18. The van der Waals surface area contributed by atoms with Gasteiger partial charge in [-0.25, -0.2) is 9.55 Å². The molecule has 2 heterocycles. The number of rotatable bonds is 5. The molecule has 1 aromatic rings. The van der Waals surface area contributed by atoms with Gasteiger partial charge in [0, 0.05) is 0 Å². The molecule has 0 bridgehead atoms. The number of phosphoric ester groups is 1. The first kappa shape index (κ1) is 17.6. The second-order valence-corrected chi connectivity index (χ2v) is 5.93. The van der Waals surface area contributed by atoms with E-state index in [1.165, 1.54) is 0 Å². The highest BCUT2D eigenvalue weighted by Crippen LogP contribution is 2.38. The summed E-state index contributed by atoms with van der Waals surface area (Å²) in [4.78, 5) is 32.3. The third-order valence-corrected chi connectivity index (χ3v) is 3.67. The maximum Gasteiger partial charge on any atom is 0.469 e. The van der Waals surface area contributed by atoms with Crippen LogP contribution in [0.15, 0.2) is 6.33 Å². The van der Waals surface area contributed by atoms with Crippen LogP contribution in [0.5, 0.6) is 0 Å². The normalized spacial score (nSPS) is 27.8. The summed E-state index contributed by atoms with van der Waals surface area (Å²) in [5.41, 5.74) is 4.84. The molecular formula is C11H14N3O8P. The van der Waals surface area contributed by atoms with Crippen LogP contribution in [0.1, 0.15) is 22.4 Å². The molecular weight excluding hydrogens is 333 g/mol. The molecule has 1 saturated heterocycles. The Hall–Kier alpha value is -1.77. The predicted molar refractivity (Wildman–Crippen MR) is 72.6 cm³/mol. The molecule has 126 valence electrons. The number of hydrogen-bond acceptors (Lipinski definition) is 7. The Kier molecular flexibility index (Phi) is 4.88. The number of nitrogens with two attached hydrogens (primary N) is 1. The first-order valence-electron chi connectivity index (χ1n) is 6.20. The van der Waals surface area contributed by atoms with Crippen LogP contribution in [0.3, 0.4) is 0 Å². The fraction of sp³-hybridized carbons (Fsp3) is 0.455. The highest BCUT2D eigenvalue weighted by Gasteiger charge is 2.45. The number of ether oxygens (including phenoxy) is 1. The van der Waals surface area contributed by atoms with Gasteiger partial charge < -0.3 is 30.5 Å². The summed E-state index contributed by atoms with van der Waals surface area (Å²) < 4.78 is 21.4. The summed E-state index contributed by atoms with van der Waals surface area (Å²) in [7, 11) is -4.77. The quantitative estimate of drug-likeness (QED) is 0.289. The van der Waals surface area contributed by atoms with Crippen LogP contribution < -0.4 is 5.73 Å². The van der Waals surface area contributed by atoms with E-state index in [1.807, 2.05) is 0 Å². The molecule has 6 N–H and O–H groups in total. The molecule has 1 aromatic heterocycles. The number of carbonyl (C=O) groups excluding carboxylic acids is 1. The van der Waals surface area contributed by atoms with Crippen LogP contribution in [-0.4, -0.2) is 60.4 Å². The van der Waals surface area contributed by atoms with E-state index in [1.54, 1.807) is 0 Å². The number of carbonyl (C=O) groups is 1. The van der Waals surface area contributed by atoms with Gasteiger partial charge in [0.1, 0.15) is 24.0 Å². The molecule has 2 rings (SSSR count). The van der Waals surface area contributed by atoms with Gasteiger partial charge in [0.2, 0.25) is 0 Å². The molecule has 0 spiro atoms. The average Bonchev–Trinajstić information content (AvgIpc) is 2.99. The lowest BCUT2D eigenvalue weighted by atomic mass is 10.1. The van der Waals surface area contributed by atoms with Crippen molar-refractivity contribution in [1.29, 1.82) is 0 Å². The van der Waals surface area contributed by atoms with Crippen LogP contribution in [0.25, 0.3) is 0 Å². The number of nitrogens with zero attached hydrogens (tertiary/aromatic N) is 2. The van der Waals surface area contributed by atoms with Gasteiger partial charge in [0.05, 0.1) is 12.9 Å². The van der Waals surface area contributed by atoms with Crippen molar-refractivity contribution >= 4 is 13.7 Å². The fourth-order valence-electron chi connectivity index (χ4n) is 2.14. The lowest BCUT2D eigenvalue weighted by molar-refractivity contribution is -0.0524. The largest absolute Gasteiger partial charge is 0.469 e. The van der Waals surface area contributed by atoms with Crippen molar-refractivity contribution in [2.24, 2.45) is 5.73 Å². The number of terminal acetylenes is 1. The Morgan fingerprint density at radius 2 is 2.17 bits per heavy atom. The minimum atomic E-state index is -4.77. The number of aromatic nitrogens is 2. The van der Waals surface area contributed by atoms with E-state index < -0.39 is 44.9 Å². The van der Waals surface area contributed by atoms with Crippen LogP contribution >= 0.6 is 7.82 Å². The first-order chi connectivity index (χ1) is 10.7.